The number of aromatic nitrogens is 2. The first-order valence-electron chi connectivity index (χ1n) is 10.7. The Balaban J connectivity index is 1.27. The fraction of sp³-hybridized carbons (Fsp3) is 0.375. The van der Waals surface area contributed by atoms with Crippen molar-refractivity contribution in [3.8, 4) is 11.4 Å². The molecule has 2 atom stereocenters. The number of carbonyl (C=O) groups is 1. The van der Waals surface area contributed by atoms with Crippen LogP contribution in [0.3, 0.4) is 0 Å². The summed E-state index contributed by atoms with van der Waals surface area (Å²) < 4.78 is 5.48. The van der Waals surface area contributed by atoms with Crippen LogP contribution in [-0.4, -0.2) is 40.1 Å². The zero-order valence-electron chi connectivity index (χ0n) is 17.2. The maximum absolute atomic E-state index is 13.4. The molecule has 30 heavy (non-hydrogen) atoms. The van der Waals surface area contributed by atoms with Crippen LogP contribution in [0.4, 0.5) is 5.69 Å². The van der Waals surface area contributed by atoms with Gasteiger partial charge in [0.15, 0.2) is 0 Å². The fourth-order valence-corrected chi connectivity index (χ4v) is 4.71. The minimum absolute atomic E-state index is 0.00358. The van der Waals surface area contributed by atoms with E-state index in [0.717, 1.165) is 43.6 Å². The number of hydrogen-bond acceptors (Lipinski definition) is 5. The Morgan fingerprint density at radius 3 is 2.80 bits per heavy atom. The second kappa shape index (κ2) is 8.03. The van der Waals surface area contributed by atoms with Crippen molar-refractivity contribution in [2.24, 2.45) is 5.92 Å². The molecule has 2 unspecified atom stereocenters. The van der Waals surface area contributed by atoms with Gasteiger partial charge in [-0.1, -0.05) is 53.7 Å². The monoisotopic (exact) mass is 402 g/mol. The molecule has 5 rings (SSSR count). The maximum Gasteiger partial charge on any atom is 0.241 e. The van der Waals surface area contributed by atoms with Crippen molar-refractivity contribution in [3.63, 3.8) is 0 Å². The summed E-state index contributed by atoms with van der Waals surface area (Å²) in [6.45, 7) is 4.39. The fourth-order valence-electron chi connectivity index (χ4n) is 4.71. The lowest BCUT2D eigenvalue weighted by atomic mass is 9.96. The topological polar surface area (TPSA) is 62.5 Å². The molecule has 0 N–H and O–H groups in total. The first kappa shape index (κ1) is 19.0. The van der Waals surface area contributed by atoms with Crippen LogP contribution < -0.4 is 4.90 Å². The van der Waals surface area contributed by atoms with Crippen molar-refractivity contribution in [1.29, 1.82) is 0 Å². The second-order valence-electron chi connectivity index (χ2n) is 8.34. The Labute approximate surface area is 176 Å². The summed E-state index contributed by atoms with van der Waals surface area (Å²) in [6.07, 6.45) is 2.86. The SMILES string of the molecule is CC1Cc2ccccc2N1C(=O)C1CCCN(Cc2nc(-c3ccccc3)no2)C1. The third-order valence-corrected chi connectivity index (χ3v) is 6.16. The molecule has 3 heterocycles. The zero-order valence-corrected chi connectivity index (χ0v) is 17.2. The largest absolute Gasteiger partial charge is 0.338 e. The summed E-state index contributed by atoms with van der Waals surface area (Å²) in [6, 6.07) is 18.3. The molecule has 1 aromatic heterocycles. The molecule has 3 aromatic rings. The van der Waals surface area contributed by atoms with Gasteiger partial charge in [0.25, 0.3) is 0 Å². The van der Waals surface area contributed by atoms with Crippen LogP contribution >= 0.6 is 0 Å². The molecule has 1 saturated heterocycles. The van der Waals surface area contributed by atoms with Crippen molar-refractivity contribution in [3.05, 3.63) is 66.1 Å². The van der Waals surface area contributed by atoms with E-state index in [-0.39, 0.29) is 17.9 Å². The molecule has 2 aliphatic rings. The zero-order chi connectivity index (χ0) is 20.5. The van der Waals surface area contributed by atoms with E-state index >= 15 is 0 Å². The van der Waals surface area contributed by atoms with Crippen molar-refractivity contribution < 1.29 is 9.32 Å². The van der Waals surface area contributed by atoms with Crippen molar-refractivity contribution in [2.75, 3.05) is 18.0 Å². The Morgan fingerprint density at radius 1 is 1.13 bits per heavy atom. The van der Waals surface area contributed by atoms with E-state index in [1.165, 1.54) is 5.56 Å². The number of carbonyl (C=O) groups excluding carboxylic acids is 1. The summed E-state index contributed by atoms with van der Waals surface area (Å²) in [5.74, 6) is 1.45. The smallest absolute Gasteiger partial charge is 0.241 e. The van der Waals surface area contributed by atoms with Crippen LogP contribution in [0.5, 0.6) is 0 Å². The van der Waals surface area contributed by atoms with Crippen molar-refractivity contribution in [2.45, 2.75) is 38.8 Å². The van der Waals surface area contributed by atoms with E-state index in [4.69, 9.17) is 4.52 Å². The third kappa shape index (κ3) is 3.63. The molecule has 1 amide bonds. The molecular weight excluding hydrogens is 376 g/mol. The maximum atomic E-state index is 13.4. The summed E-state index contributed by atoms with van der Waals surface area (Å²) in [5, 5.41) is 4.12. The Bertz CT molecular complexity index is 1030. The van der Waals surface area contributed by atoms with Crippen molar-refractivity contribution in [1.82, 2.24) is 15.0 Å². The van der Waals surface area contributed by atoms with Gasteiger partial charge in [-0.25, -0.2) is 0 Å². The molecule has 0 saturated carbocycles. The number of para-hydroxylation sites is 1. The van der Waals surface area contributed by atoms with Gasteiger partial charge in [-0.05, 0) is 44.4 Å². The van der Waals surface area contributed by atoms with Crippen molar-refractivity contribution >= 4 is 11.6 Å². The van der Waals surface area contributed by atoms with Gasteiger partial charge in [0, 0.05) is 23.8 Å². The van der Waals surface area contributed by atoms with E-state index in [9.17, 15) is 4.79 Å². The number of fused-ring (bicyclic) bond motifs is 1. The first-order valence-corrected chi connectivity index (χ1v) is 10.7. The number of piperidine rings is 1. The van der Waals surface area contributed by atoms with Gasteiger partial charge in [0.1, 0.15) is 0 Å². The average Bonchev–Trinajstić information content (AvgIpc) is 3.37. The summed E-state index contributed by atoms with van der Waals surface area (Å²) >= 11 is 0. The molecule has 0 spiro atoms. The van der Waals surface area contributed by atoms with Crippen LogP contribution in [0.15, 0.2) is 59.1 Å². The van der Waals surface area contributed by atoms with Crippen LogP contribution in [0.25, 0.3) is 11.4 Å². The third-order valence-electron chi connectivity index (χ3n) is 6.16. The number of anilines is 1. The van der Waals surface area contributed by atoms with E-state index in [2.05, 4.69) is 40.2 Å². The summed E-state index contributed by atoms with van der Waals surface area (Å²) in [4.78, 5) is 22.2. The van der Waals surface area contributed by atoms with Crippen LogP contribution in [-0.2, 0) is 17.8 Å². The highest BCUT2D eigenvalue weighted by Crippen LogP contribution is 2.34. The quantitative estimate of drug-likeness (QED) is 0.662. The minimum Gasteiger partial charge on any atom is -0.338 e. The van der Waals surface area contributed by atoms with Crippen LogP contribution in [0.2, 0.25) is 0 Å². The highest BCUT2D eigenvalue weighted by molar-refractivity contribution is 5.97. The standard InChI is InChI=1S/C24H26N4O2/c1-17-14-19-10-5-6-12-21(19)28(17)24(29)20-11-7-13-27(15-20)16-22-25-23(26-30-22)18-8-3-2-4-9-18/h2-6,8-10,12,17,20H,7,11,13-16H2,1H3. The normalized spacial score (nSPS) is 21.6. The predicted molar refractivity (Wildman–Crippen MR) is 115 cm³/mol. The minimum atomic E-state index is 0.00358. The highest BCUT2D eigenvalue weighted by atomic mass is 16.5. The number of amides is 1. The lowest BCUT2D eigenvalue weighted by Gasteiger charge is -2.34. The lowest BCUT2D eigenvalue weighted by Crippen LogP contribution is -2.46. The molecule has 154 valence electrons. The van der Waals surface area contributed by atoms with Gasteiger partial charge >= 0.3 is 0 Å². The highest BCUT2D eigenvalue weighted by Gasteiger charge is 2.36. The van der Waals surface area contributed by atoms with Gasteiger partial charge in [0.05, 0.1) is 12.5 Å². The van der Waals surface area contributed by atoms with Gasteiger partial charge in [-0.15, -0.1) is 0 Å². The molecular formula is C24H26N4O2. The molecule has 0 bridgehead atoms. The summed E-state index contributed by atoms with van der Waals surface area (Å²) in [5.41, 5.74) is 3.29. The Kier molecular flexibility index (Phi) is 5.09. The number of nitrogens with zero attached hydrogens (tertiary/aromatic N) is 4. The molecule has 0 radical (unpaired) electrons. The number of hydrogen-bond donors (Lipinski definition) is 0. The molecule has 1 fully saturated rings. The number of benzene rings is 2. The summed E-state index contributed by atoms with van der Waals surface area (Å²) in [7, 11) is 0. The lowest BCUT2D eigenvalue weighted by molar-refractivity contribution is -0.124. The number of likely N-dealkylation sites (tertiary alicyclic amines) is 1. The first-order chi connectivity index (χ1) is 14.7. The van der Waals surface area contributed by atoms with Gasteiger partial charge in [0.2, 0.25) is 17.6 Å². The van der Waals surface area contributed by atoms with E-state index in [0.29, 0.717) is 18.3 Å². The number of rotatable bonds is 4. The van der Waals surface area contributed by atoms with Crippen LogP contribution in [0, 0.1) is 5.92 Å². The molecule has 0 aliphatic carbocycles. The molecule has 2 aliphatic heterocycles. The Morgan fingerprint density at radius 2 is 1.93 bits per heavy atom. The van der Waals surface area contributed by atoms with Gasteiger partial charge in [-0.3, -0.25) is 9.69 Å². The second-order valence-corrected chi connectivity index (χ2v) is 8.34. The molecule has 2 aromatic carbocycles. The average molecular weight is 402 g/mol. The predicted octanol–water partition coefficient (Wildman–Crippen LogP) is 3.93. The van der Waals surface area contributed by atoms with Gasteiger partial charge in [-0.2, -0.15) is 4.98 Å². The Hall–Kier alpha value is -2.99. The van der Waals surface area contributed by atoms with Gasteiger partial charge < -0.3 is 9.42 Å². The van der Waals surface area contributed by atoms with E-state index in [1.807, 2.05) is 41.3 Å². The van der Waals surface area contributed by atoms with E-state index < -0.39 is 0 Å². The molecule has 6 heteroatoms. The molecule has 6 nitrogen and oxygen atoms in total. The van der Waals surface area contributed by atoms with E-state index in [1.54, 1.807) is 0 Å². The van der Waals surface area contributed by atoms with Crippen LogP contribution in [0.1, 0.15) is 31.2 Å².